The fourth-order valence-corrected chi connectivity index (χ4v) is 1.71. The van der Waals surface area contributed by atoms with Gasteiger partial charge in [0.15, 0.2) is 0 Å². The van der Waals surface area contributed by atoms with Gasteiger partial charge in [-0.15, -0.1) is 0 Å². The highest BCUT2D eigenvalue weighted by atomic mass is 16.3. The lowest BCUT2D eigenvalue weighted by molar-refractivity contribution is -0.121. The molecule has 94 valence electrons. The maximum absolute atomic E-state index is 11.4. The van der Waals surface area contributed by atoms with E-state index in [1.807, 2.05) is 31.2 Å². The van der Waals surface area contributed by atoms with Crippen LogP contribution in [-0.2, 0) is 4.79 Å². The zero-order valence-corrected chi connectivity index (χ0v) is 10.6. The Morgan fingerprint density at radius 3 is 2.76 bits per heavy atom. The van der Waals surface area contributed by atoms with Crippen LogP contribution in [0.1, 0.15) is 43.4 Å². The van der Waals surface area contributed by atoms with E-state index >= 15 is 0 Å². The summed E-state index contributed by atoms with van der Waals surface area (Å²) in [4.78, 5) is 11.4. The SMILES string of the molecule is CCCCC(=O)NC[C@@H](O)c1ccccc1C. The van der Waals surface area contributed by atoms with Crippen molar-refractivity contribution in [2.45, 2.75) is 39.2 Å². The van der Waals surface area contributed by atoms with Gasteiger partial charge in [0.05, 0.1) is 6.10 Å². The van der Waals surface area contributed by atoms with Gasteiger partial charge in [0.2, 0.25) is 5.91 Å². The molecule has 1 amide bonds. The molecule has 0 fully saturated rings. The van der Waals surface area contributed by atoms with Crippen molar-refractivity contribution in [3.63, 3.8) is 0 Å². The lowest BCUT2D eigenvalue weighted by Gasteiger charge is -2.14. The molecule has 0 saturated heterocycles. The van der Waals surface area contributed by atoms with Gasteiger partial charge in [0.1, 0.15) is 0 Å². The molecule has 0 bridgehead atoms. The summed E-state index contributed by atoms with van der Waals surface area (Å²) in [6.45, 7) is 4.29. The molecular weight excluding hydrogens is 214 g/mol. The van der Waals surface area contributed by atoms with Gasteiger partial charge >= 0.3 is 0 Å². The molecule has 0 heterocycles. The zero-order chi connectivity index (χ0) is 12.7. The Morgan fingerprint density at radius 2 is 2.12 bits per heavy atom. The first kappa shape index (κ1) is 13.7. The number of rotatable bonds is 6. The molecule has 3 nitrogen and oxygen atoms in total. The van der Waals surface area contributed by atoms with Crippen LogP contribution in [0.15, 0.2) is 24.3 Å². The summed E-state index contributed by atoms with van der Waals surface area (Å²) in [5, 5.41) is 12.7. The zero-order valence-electron chi connectivity index (χ0n) is 10.6. The van der Waals surface area contributed by atoms with E-state index in [1.54, 1.807) is 0 Å². The average molecular weight is 235 g/mol. The molecule has 0 unspecified atom stereocenters. The number of hydrogen-bond acceptors (Lipinski definition) is 2. The van der Waals surface area contributed by atoms with Crippen molar-refractivity contribution in [3.05, 3.63) is 35.4 Å². The molecular formula is C14H21NO2. The first-order valence-electron chi connectivity index (χ1n) is 6.15. The van der Waals surface area contributed by atoms with Gasteiger partial charge in [0.25, 0.3) is 0 Å². The van der Waals surface area contributed by atoms with Crippen molar-refractivity contribution in [3.8, 4) is 0 Å². The highest BCUT2D eigenvalue weighted by Crippen LogP contribution is 2.16. The number of carbonyl (C=O) groups is 1. The second kappa shape index (κ2) is 7.07. The minimum atomic E-state index is -0.623. The van der Waals surface area contributed by atoms with Crippen LogP contribution in [0.4, 0.5) is 0 Å². The second-order valence-electron chi connectivity index (χ2n) is 4.28. The van der Waals surface area contributed by atoms with Gasteiger partial charge < -0.3 is 10.4 Å². The molecule has 0 aliphatic rings. The molecule has 1 rings (SSSR count). The maximum atomic E-state index is 11.4. The van der Waals surface area contributed by atoms with Gasteiger partial charge in [-0.25, -0.2) is 0 Å². The van der Waals surface area contributed by atoms with Crippen LogP contribution in [0, 0.1) is 6.92 Å². The third-order valence-electron chi connectivity index (χ3n) is 2.80. The van der Waals surface area contributed by atoms with E-state index in [0.717, 1.165) is 24.0 Å². The molecule has 0 aliphatic carbocycles. The van der Waals surface area contributed by atoms with E-state index < -0.39 is 6.10 Å². The number of carbonyl (C=O) groups excluding carboxylic acids is 1. The van der Waals surface area contributed by atoms with E-state index in [2.05, 4.69) is 12.2 Å². The largest absolute Gasteiger partial charge is 0.387 e. The van der Waals surface area contributed by atoms with Crippen LogP contribution in [0.3, 0.4) is 0 Å². The summed E-state index contributed by atoms with van der Waals surface area (Å²) in [5.41, 5.74) is 1.92. The van der Waals surface area contributed by atoms with Crippen molar-refractivity contribution in [1.82, 2.24) is 5.32 Å². The lowest BCUT2D eigenvalue weighted by Crippen LogP contribution is -2.28. The minimum Gasteiger partial charge on any atom is -0.387 e. The molecule has 0 radical (unpaired) electrons. The third kappa shape index (κ3) is 4.57. The van der Waals surface area contributed by atoms with Gasteiger partial charge in [-0.2, -0.15) is 0 Å². The van der Waals surface area contributed by atoms with Crippen LogP contribution in [0.25, 0.3) is 0 Å². The molecule has 0 saturated carbocycles. The Labute approximate surface area is 103 Å². The number of aryl methyl sites for hydroxylation is 1. The third-order valence-corrected chi connectivity index (χ3v) is 2.80. The van der Waals surface area contributed by atoms with E-state index in [9.17, 15) is 9.90 Å². The Balaban J connectivity index is 2.42. The Hall–Kier alpha value is -1.35. The Bertz CT molecular complexity index is 363. The molecule has 17 heavy (non-hydrogen) atoms. The topological polar surface area (TPSA) is 49.3 Å². The fourth-order valence-electron chi connectivity index (χ4n) is 1.71. The van der Waals surface area contributed by atoms with Gasteiger partial charge in [-0.1, -0.05) is 37.6 Å². The molecule has 0 aromatic heterocycles. The number of aliphatic hydroxyl groups is 1. The summed E-state index contributed by atoms with van der Waals surface area (Å²) in [6, 6.07) is 7.67. The number of benzene rings is 1. The van der Waals surface area contributed by atoms with E-state index in [-0.39, 0.29) is 12.5 Å². The Morgan fingerprint density at radius 1 is 1.41 bits per heavy atom. The summed E-state index contributed by atoms with van der Waals surface area (Å²) in [5.74, 6) is 0.0134. The highest BCUT2D eigenvalue weighted by Gasteiger charge is 2.10. The molecule has 0 spiro atoms. The van der Waals surface area contributed by atoms with Gasteiger partial charge in [0, 0.05) is 13.0 Å². The molecule has 1 atom stereocenters. The molecule has 1 aromatic carbocycles. The number of amides is 1. The smallest absolute Gasteiger partial charge is 0.220 e. The minimum absolute atomic E-state index is 0.0134. The van der Waals surface area contributed by atoms with E-state index in [1.165, 1.54) is 0 Å². The van der Waals surface area contributed by atoms with Crippen LogP contribution < -0.4 is 5.32 Å². The summed E-state index contributed by atoms with van der Waals surface area (Å²) >= 11 is 0. The normalized spacial score (nSPS) is 12.2. The van der Waals surface area contributed by atoms with Crippen molar-refractivity contribution in [1.29, 1.82) is 0 Å². The van der Waals surface area contributed by atoms with Crippen molar-refractivity contribution in [2.75, 3.05) is 6.54 Å². The number of hydrogen-bond donors (Lipinski definition) is 2. The van der Waals surface area contributed by atoms with Crippen LogP contribution >= 0.6 is 0 Å². The molecule has 3 heteroatoms. The average Bonchev–Trinajstić information content (AvgIpc) is 2.34. The van der Waals surface area contributed by atoms with Crippen LogP contribution in [0.2, 0.25) is 0 Å². The fraction of sp³-hybridized carbons (Fsp3) is 0.500. The van der Waals surface area contributed by atoms with Crippen LogP contribution in [-0.4, -0.2) is 17.6 Å². The lowest BCUT2D eigenvalue weighted by atomic mass is 10.0. The number of aliphatic hydroxyl groups excluding tert-OH is 1. The molecule has 1 aromatic rings. The highest BCUT2D eigenvalue weighted by molar-refractivity contribution is 5.75. The van der Waals surface area contributed by atoms with Crippen LogP contribution in [0.5, 0.6) is 0 Å². The monoisotopic (exact) mass is 235 g/mol. The number of nitrogens with one attached hydrogen (secondary N) is 1. The van der Waals surface area contributed by atoms with Crippen molar-refractivity contribution < 1.29 is 9.90 Å². The maximum Gasteiger partial charge on any atom is 0.220 e. The van der Waals surface area contributed by atoms with Gasteiger partial charge in [-0.05, 0) is 24.5 Å². The Kier molecular flexibility index (Phi) is 5.70. The van der Waals surface area contributed by atoms with E-state index in [0.29, 0.717) is 6.42 Å². The van der Waals surface area contributed by atoms with Crippen molar-refractivity contribution >= 4 is 5.91 Å². The molecule has 0 aliphatic heterocycles. The summed E-state index contributed by atoms with van der Waals surface area (Å²) in [7, 11) is 0. The summed E-state index contributed by atoms with van der Waals surface area (Å²) < 4.78 is 0. The van der Waals surface area contributed by atoms with Gasteiger partial charge in [-0.3, -0.25) is 4.79 Å². The van der Waals surface area contributed by atoms with E-state index in [4.69, 9.17) is 0 Å². The molecule has 2 N–H and O–H groups in total. The summed E-state index contributed by atoms with van der Waals surface area (Å²) in [6.07, 6.45) is 1.82. The standard InChI is InChI=1S/C14H21NO2/c1-3-4-9-14(17)15-10-13(16)12-8-6-5-7-11(12)2/h5-8,13,16H,3-4,9-10H2,1-2H3,(H,15,17)/t13-/m1/s1. The predicted octanol–water partition coefficient (Wildman–Crippen LogP) is 2.33. The second-order valence-corrected chi connectivity index (χ2v) is 4.28. The predicted molar refractivity (Wildman–Crippen MR) is 68.7 cm³/mol. The quantitative estimate of drug-likeness (QED) is 0.795. The first-order chi connectivity index (χ1) is 8.15. The van der Waals surface area contributed by atoms with Crippen molar-refractivity contribution in [2.24, 2.45) is 0 Å². The first-order valence-corrected chi connectivity index (χ1v) is 6.15. The number of unbranched alkanes of at least 4 members (excludes halogenated alkanes) is 1.